The molecule has 2 N–H and O–H groups in total. The van der Waals surface area contributed by atoms with Crippen LogP contribution in [0.15, 0.2) is 24.5 Å². The van der Waals surface area contributed by atoms with Gasteiger partial charge < -0.3 is 5.73 Å². The second-order valence-electron chi connectivity index (χ2n) is 3.57. The van der Waals surface area contributed by atoms with Crippen LogP contribution in [0.4, 0.5) is 0 Å². The maximum Gasteiger partial charge on any atom is 0.0270 e. The number of nitrogens with two attached hydrogens (primary N) is 1. The molecule has 2 rings (SSSR count). The summed E-state index contributed by atoms with van der Waals surface area (Å²) in [7, 11) is 0. The molecule has 1 heterocycles. The summed E-state index contributed by atoms with van der Waals surface area (Å²) in [5.74, 6) is 0. The Morgan fingerprint density at radius 3 is 2.42 bits per heavy atom. The van der Waals surface area contributed by atoms with E-state index < -0.39 is 0 Å². The Labute approximate surface area is 72.8 Å². The van der Waals surface area contributed by atoms with Gasteiger partial charge in [0.25, 0.3) is 0 Å². The zero-order valence-corrected chi connectivity index (χ0v) is 7.16. The Morgan fingerprint density at radius 2 is 2.00 bits per heavy atom. The van der Waals surface area contributed by atoms with E-state index in [-0.39, 0.29) is 0 Å². The van der Waals surface area contributed by atoms with Crippen LogP contribution in [-0.4, -0.2) is 11.5 Å². The molecule has 0 spiro atoms. The van der Waals surface area contributed by atoms with Crippen molar-refractivity contribution in [3.63, 3.8) is 0 Å². The van der Waals surface area contributed by atoms with Crippen molar-refractivity contribution >= 4 is 0 Å². The molecule has 2 heteroatoms. The molecular formula is C10H14N2. The largest absolute Gasteiger partial charge is 0.330 e. The van der Waals surface area contributed by atoms with Crippen molar-refractivity contribution < 1.29 is 0 Å². The van der Waals surface area contributed by atoms with Gasteiger partial charge in [0.05, 0.1) is 0 Å². The van der Waals surface area contributed by atoms with Gasteiger partial charge in [-0.25, -0.2) is 0 Å². The monoisotopic (exact) mass is 162 g/mol. The molecular weight excluding hydrogens is 148 g/mol. The van der Waals surface area contributed by atoms with Gasteiger partial charge in [-0.3, -0.25) is 4.98 Å². The summed E-state index contributed by atoms with van der Waals surface area (Å²) < 4.78 is 0. The molecule has 0 saturated heterocycles. The molecule has 0 aliphatic heterocycles. The first-order valence-electron chi connectivity index (χ1n) is 4.48. The predicted molar refractivity (Wildman–Crippen MR) is 48.8 cm³/mol. The molecule has 2 nitrogen and oxygen atoms in total. The molecule has 0 atom stereocenters. The highest BCUT2D eigenvalue weighted by Gasteiger charge is 2.36. The van der Waals surface area contributed by atoms with E-state index in [4.69, 9.17) is 5.73 Å². The molecule has 1 aromatic heterocycles. The van der Waals surface area contributed by atoms with Crippen LogP contribution in [0.5, 0.6) is 0 Å². The predicted octanol–water partition coefficient (Wildman–Crippen LogP) is 1.46. The maximum absolute atomic E-state index is 5.78. The third-order valence-corrected chi connectivity index (χ3v) is 2.99. The van der Waals surface area contributed by atoms with Crippen molar-refractivity contribution in [1.29, 1.82) is 0 Å². The van der Waals surface area contributed by atoms with Gasteiger partial charge in [0.2, 0.25) is 0 Å². The summed E-state index contributed by atoms with van der Waals surface area (Å²) >= 11 is 0. The smallest absolute Gasteiger partial charge is 0.0270 e. The zero-order chi connectivity index (χ0) is 8.44. The van der Waals surface area contributed by atoms with Crippen molar-refractivity contribution in [2.24, 2.45) is 5.73 Å². The molecule has 64 valence electrons. The number of rotatable bonds is 2. The first kappa shape index (κ1) is 7.74. The Kier molecular flexibility index (Phi) is 1.85. The minimum atomic E-state index is 0.295. The zero-order valence-electron chi connectivity index (χ0n) is 7.16. The van der Waals surface area contributed by atoms with E-state index in [0.717, 1.165) is 6.54 Å². The second-order valence-corrected chi connectivity index (χ2v) is 3.57. The lowest BCUT2D eigenvalue weighted by Crippen LogP contribution is -2.41. The van der Waals surface area contributed by atoms with Crippen molar-refractivity contribution in [2.45, 2.75) is 24.7 Å². The van der Waals surface area contributed by atoms with E-state index in [2.05, 4.69) is 17.1 Å². The average Bonchev–Trinajstić information content (AvgIpc) is 2.05. The van der Waals surface area contributed by atoms with E-state index in [0.29, 0.717) is 5.41 Å². The van der Waals surface area contributed by atoms with Gasteiger partial charge in [0.1, 0.15) is 0 Å². The van der Waals surface area contributed by atoms with Gasteiger partial charge in [-0.1, -0.05) is 6.42 Å². The molecule has 12 heavy (non-hydrogen) atoms. The highest BCUT2D eigenvalue weighted by atomic mass is 14.6. The highest BCUT2D eigenvalue weighted by molar-refractivity contribution is 5.26. The molecule has 1 aromatic rings. The van der Waals surface area contributed by atoms with Crippen molar-refractivity contribution in [1.82, 2.24) is 4.98 Å². The third-order valence-electron chi connectivity index (χ3n) is 2.99. The van der Waals surface area contributed by atoms with Crippen molar-refractivity contribution in [3.8, 4) is 0 Å². The minimum Gasteiger partial charge on any atom is -0.330 e. The van der Waals surface area contributed by atoms with E-state index >= 15 is 0 Å². The minimum absolute atomic E-state index is 0.295. The maximum atomic E-state index is 5.78. The van der Waals surface area contributed by atoms with Crippen molar-refractivity contribution in [2.75, 3.05) is 6.54 Å². The summed E-state index contributed by atoms with van der Waals surface area (Å²) in [6.45, 7) is 0.775. The fraction of sp³-hybridized carbons (Fsp3) is 0.500. The normalized spacial score (nSPS) is 20.1. The summed E-state index contributed by atoms with van der Waals surface area (Å²) in [6, 6.07) is 4.18. The van der Waals surface area contributed by atoms with E-state index in [9.17, 15) is 0 Å². The standard InChI is InChI=1S/C10H14N2/c11-8-10(4-1-5-10)9-2-6-12-7-3-9/h2-3,6-7H,1,4-5,8,11H2. The van der Waals surface area contributed by atoms with Crippen LogP contribution in [0.3, 0.4) is 0 Å². The molecule has 1 aliphatic carbocycles. The van der Waals surface area contributed by atoms with Gasteiger partial charge in [-0.05, 0) is 30.5 Å². The molecule has 0 aromatic carbocycles. The fourth-order valence-corrected chi connectivity index (χ4v) is 1.92. The lowest BCUT2D eigenvalue weighted by atomic mass is 9.65. The van der Waals surface area contributed by atoms with Crippen LogP contribution in [0, 0.1) is 0 Å². The number of nitrogens with zero attached hydrogens (tertiary/aromatic N) is 1. The molecule has 0 radical (unpaired) electrons. The molecule has 0 bridgehead atoms. The topological polar surface area (TPSA) is 38.9 Å². The van der Waals surface area contributed by atoms with E-state index in [1.807, 2.05) is 12.4 Å². The quantitative estimate of drug-likeness (QED) is 0.715. The molecule has 0 unspecified atom stereocenters. The first-order chi connectivity index (χ1) is 5.87. The van der Waals surface area contributed by atoms with E-state index in [1.165, 1.54) is 24.8 Å². The summed E-state index contributed by atoms with van der Waals surface area (Å²) in [5.41, 5.74) is 7.44. The van der Waals surface area contributed by atoms with Crippen LogP contribution < -0.4 is 5.73 Å². The second kappa shape index (κ2) is 2.87. The number of hydrogen-bond acceptors (Lipinski definition) is 2. The Bertz CT molecular complexity index is 246. The first-order valence-corrected chi connectivity index (χ1v) is 4.48. The SMILES string of the molecule is NCC1(c2ccncc2)CCC1. The molecule has 1 saturated carbocycles. The fourth-order valence-electron chi connectivity index (χ4n) is 1.92. The average molecular weight is 162 g/mol. The van der Waals surface area contributed by atoms with Gasteiger partial charge in [-0.2, -0.15) is 0 Å². The third kappa shape index (κ3) is 1.03. The number of pyridine rings is 1. The number of hydrogen-bond donors (Lipinski definition) is 1. The summed E-state index contributed by atoms with van der Waals surface area (Å²) in [6.07, 6.45) is 7.51. The molecule has 0 amide bonds. The number of aromatic nitrogens is 1. The Balaban J connectivity index is 2.28. The van der Waals surface area contributed by atoms with Gasteiger partial charge in [-0.15, -0.1) is 0 Å². The van der Waals surface area contributed by atoms with E-state index in [1.54, 1.807) is 0 Å². The van der Waals surface area contributed by atoms with Gasteiger partial charge in [0.15, 0.2) is 0 Å². The lowest BCUT2D eigenvalue weighted by molar-refractivity contribution is 0.253. The van der Waals surface area contributed by atoms with Crippen LogP contribution in [0.1, 0.15) is 24.8 Å². The van der Waals surface area contributed by atoms with Crippen LogP contribution in [-0.2, 0) is 5.41 Å². The molecule has 1 aliphatic rings. The van der Waals surface area contributed by atoms with Crippen molar-refractivity contribution in [3.05, 3.63) is 30.1 Å². The Morgan fingerprint density at radius 1 is 1.33 bits per heavy atom. The van der Waals surface area contributed by atoms with Crippen LogP contribution in [0.25, 0.3) is 0 Å². The Hall–Kier alpha value is -0.890. The van der Waals surface area contributed by atoms with Crippen LogP contribution in [0.2, 0.25) is 0 Å². The van der Waals surface area contributed by atoms with Gasteiger partial charge >= 0.3 is 0 Å². The summed E-state index contributed by atoms with van der Waals surface area (Å²) in [5, 5.41) is 0. The molecule has 1 fully saturated rings. The summed E-state index contributed by atoms with van der Waals surface area (Å²) in [4.78, 5) is 4.01. The van der Waals surface area contributed by atoms with Crippen LogP contribution >= 0.6 is 0 Å². The lowest BCUT2D eigenvalue weighted by Gasteiger charge is -2.41. The van der Waals surface area contributed by atoms with Gasteiger partial charge in [0, 0.05) is 24.4 Å². The highest BCUT2D eigenvalue weighted by Crippen LogP contribution is 2.42.